The van der Waals surface area contributed by atoms with Crippen molar-refractivity contribution in [3.05, 3.63) is 29.3 Å². The number of halogens is 1. The van der Waals surface area contributed by atoms with Gasteiger partial charge in [0.25, 0.3) is 10.0 Å². The first kappa shape index (κ1) is 23.6. The monoisotopic (exact) mass is 510 g/mol. The quantitative estimate of drug-likeness (QED) is 0.636. The van der Waals surface area contributed by atoms with Gasteiger partial charge in [-0.15, -0.1) is 0 Å². The maximum Gasteiger partial charge on any atom is 0.259 e. The zero-order valence-electron chi connectivity index (χ0n) is 18.8. The van der Waals surface area contributed by atoms with Crippen LogP contribution < -0.4 is 0 Å². The third kappa shape index (κ3) is 3.70. The first-order valence-corrected chi connectivity index (χ1v) is 13.1. The zero-order chi connectivity index (χ0) is 24.3. The van der Waals surface area contributed by atoms with Crippen LogP contribution in [0.4, 0.5) is 0 Å². The van der Waals surface area contributed by atoms with Gasteiger partial charge in [-0.1, -0.05) is 18.5 Å². The fraction of sp³-hybridized carbons (Fsp3) is 0.545. The number of likely N-dealkylation sites (tertiary alicyclic amines) is 1. The summed E-state index contributed by atoms with van der Waals surface area (Å²) in [5.41, 5.74) is -1.58. The number of hydrogen-bond donors (Lipinski definition) is 2. The van der Waals surface area contributed by atoms with Crippen LogP contribution in [0.1, 0.15) is 26.2 Å². The molecule has 5 rings (SSSR count). The molecule has 3 saturated heterocycles. The molecule has 1 spiro atoms. The van der Waals surface area contributed by atoms with Crippen molar-refractivity contribution in [3.63, 3.8) is 0 Å². The van der Waals surface area contributed by atoms with Gasteiger partial charge in [0, 0.05) is 35.4 Å². The molecule has 1 atom stereocenters. The lowest BCUT2D eigenvalue weighted by Crippen LogP contribution is -2.65. The molecule has 10 nitrogen and oxygen atoms in total. The van der Waals surface area contributed by atoms with Gasteiger partial charge >= 0.3 is 0 Å². The predicted molar refractivity (Wildman–Crippen MR) is 124 cm³/mol. The van der Waals surface area contributed by atoms with Gasteiger partial charge in [-0.2, -0.15) is 4.31 Å². The summed E-state index contributed by atoms with van der Waals surface area (Å²) in [7, 11) is -4.08. The van der Waals surface area contributed by atoms with E-state index < -0.39 is 33.9 Å². The molecule has 3 aliphatic heterocycles. The number of aromatic nitrogens is 1. The molecule has 12 heteroatoms. The summed E-state index contributed by atoms with van der Waals surface area (Å²) in [6.45, 7) is 2.00. The topological polar surface area (TPSA) is 123 Å². The van der Waals surface area contributed by atoms with Crippen molar-refractivity contribution in [1.29, 1.82) is 0 Å². The van der Waals surface area contributed by atoms with Crippen LogP contribution >= 0.6 is 11.6 Å². The van der Waals surface area contributed by atoms with Gasteiger partial charge < -0.3 is 24.6 Å². The van der Waals surface area contributed by atoms with Gasteiger partial charge in [-0.3, -0.25) is 9.59 Å². The standard InChI is InChI=1S/C22H27ClN4O6S/c1-2-19(29)25-7-5-21(6-8-25)12-27-20(30)11-26(13-22(27,14-28)33-21)34(31,32)18-10-15-9-16(23)3-4-17(15)24-18/h3-4,9-10,24,28H,2,5-8,11-14H2,1H3. The van der Waals surface area contributed by atoms with E-state index in [9.17, 15) is 23.1 Å². The number of carbonyl (C=O) groups excluding carboxylic acids is 2. The molecule has 2 amide bonds. The summed E-state index contributed by atoms with van der Waals surface area (Å²) in [6, 6.07) is 6.49. The first-order chi connectivity index (χ1) is 16.1. The highest BCUT2D eigenvalue weighted by atomic mass is 35.5. The molecule has 2 N–H and O–H groups in total. The van der Waals surface area contributed by atoms with Gasteiger partial charge in [-0.25, -0.2) is 8.42 Å². The second-order valence-electron chi connectivity index (χ2n) is 9.24. The summed E-state index contributed by atoms with van der Waals surface area (Å²) >= 11 is 6.02. The Morgan fingerprint density at radius 3 is 2.65 bits per heavy atom. The average molecular weight is 511 g/mol. The molecular weight excluding hydrogens is 484 g/mol. The first-order valence-electron chi connectivity index (χ1n) is 11.3. The number of amides is 2. The van der Waals surface area contributed by atoms with Gasteiger partial charge in [0.15, 0.2) is 5.72 Å². The van der Waals surface area contributed by atoms with E-state index in [4.69, 9.17) is 16.3 Å². The van der Waals surface area contributed by atoms with Gasteiger partial charge in [-0.05, 0) is 37.1 Å². The smallest absolute Gasteiger partial charge is 0.259 e. The third-order valence-electron chi connectivity index (χ3n) is 7.13. The summed E-state index contributed by atoms with van der Waals surface area (Å²) < 4.78 is 34.4. The number of aliphatic hydroxyl groups excluding tert-OH is 1. The van der Waals surface area contributed by atoms with Crippen LogP contribution in [0.25, 0.3) is 10.9 Å². The number of hydrogen-bond acceptors (Lipinski definition) is 6. The fourth-order valence-corrected chi connectivity index (χ4v) is 6.89. The summed E-state index contributed by atoms with van der Waals surface area (Å²) in [5, 5.41) is 11.4. The number of piperazine rings is 1. The van der Waals surface area contributed by atoms with Crippen molar-refractivity contribution >= 4 is 44.3 Å². The number of H-pyrrole nitrogens is 1. The van der Waals surface area contributed by atoms with E-state index in [0.29, 0.717) is 48.3 Å². The lowest BCUT2D eigenvalue weighted by atomic mass is 9.91. The number of rotatable bonds is 4. The number of piperidine rings is 1. The largest absolute Gasteiger partial charge is 0.391 e. The summed E-state index contributed by atoms with van der Waals surface area (Å²) in [5.74, 6) is -0.359. The second-order valence-corrected chi connectivity index (χ2v) is 11.6. The Labute approximate surface area is 202 Å². The minimum Gasteiger partial charge on any atom is -0.391 e. The molecule has 0 radical (unpaired) electrons. The van der Waals surface area contributed by atoms with Crippen LogP contribution in [0.5, 0.6) is 0 Å². The Morgan fingerprint density at radius 1 is 1.24 bits per heavy atom. The van der Waals surface area contributed by atoms with E-state index >= 15 is 0 Å². The van der Waals surface area contributed by atoms with Crippen molar-refractivity contribution < 1.29 is 27.9 Å². The number of aliphatic hydroxyl groups is 1. The number of fused-ring (bicyclic) bond motifs is 2. The van der Waals surface area contributed by atoms with Crippen molar-refractivity contribution in [1.82, 2.24) is 19.1 Å². The third-order valence-corrected chi connectivity index (χ3v) is 9.08. The van der Waals surface area contributed by atoms with Gasteiger partial charge in [0.05, 0.1) is 31.8 Å². The minimum absolute atomic E-state index is 0.0572. The number of benzene rings is 1. The van der Waals surface area contributed by atoms with Crippen LogP contribution in [-0.2, 0) is 24.3 Å². The van der Waals surface area contributed by atoms with E-state index in [1.54, 1.807) is 23.1 Å². The molecule has 3 aliphatic rings. The molecule has 4 heterocycles. The van der Waals surface area contributed by atoms with E-state index in [1.165, 1.54) is 11.0 Å². The van der Waals surface area contributed by atoms with Crippen LogP contribution in [0.15, 0.2) is 29.3 Å². The molecule has 1 unspecified atom stereocenters. The van der Waals surface area contributed by atoms with Crippen molar-refractivity contribution in [3.8, 4) is 0 Å². The molecule has 0 aliphatic carbocycles. The average Bonchev–Trinajstić information content (AvgIpc) is 3.39. The number of aromatic amines is 1. The Bertz CT molecular complexity index is 1260. The summed E-state index contributed by atoms with van der Waals surface area (Å²) in [6.07, 6.45) is 1.45. The molecule has 0 saturated carbocycles. The SMILES string of the molecule is CCC(=O)N1CCC2(CC1)CN1C(=O)CN(S(=O)(=O)c3cc4cc(Cl)ccc4[nH]3)CC1(CO)O2. The molecule has 1 aromatic carbocycles. The zero-order valence-corrected chi connectivity index (χ0v) is 20.4. The number of nitrogens with zero attached hydrogens (tertiary/aromatic N) is 3. The Balaban J connectivity index is 1.41. The maximum atomic E-state index is 13.5. The second kappa shape index (κ2) is 8.20. The van der Waals surface area contributed by atoms with Crippen molar-refractivity contribution in [2.75, 3.05) is 39.3 Å². The Morgan fingerprint density at radius 2 is 1.97 bits per heavy atom. The normalized spacial score (nSPS) is 25.3. The van der Waals surface area contributed by atoms with Crippen molar-refractivity contribution in [2.24, 2.45) is 0 Å². The molecule has 184 valence electrons. The highest BCUT2D eigenvalue weighted by Gasteiger charge is 2.60. The van der Waals surface area contributed by atoms with Gasteiger partial charge in [0.2, 0.25) is 11.8 Å². The summed E-state index contributed by atoms with van der Waals surface area (Å²) in [4.78, 5) is 31.3. The van der Waals surface area contributed by atoms with Crippen LogP contribution in [0.2, 0.25) is 5.02 Å². The van der Waals surface area contributed by atoms with Crippen LogP contribution in [0.3, 0.4) is 0 Å². The Hall–Kier alpha value is -2.18. The number of sulfonamides is 1. The van der Waals surface area contributed by atoms with E-state index in [0.717, 1.165) is 4.31 Å². The fourth-order valence-electron chi connectivity index (χ4n) is 5.26. The highest BCUT2D eigenvalue weighted by Crippen LogP contribution is 2.43. The molecule has 1 aromatic heterocycles. The number of carbonyl (C=O) groups is 2. The number of ether oxygens (including phenoxy) is 1. The lowest BCUT2D eigenvalue weighted by Gasteiger charge is -2.44. The van der Waals surface area contributed by atoms with E-state index in [2.05, 4.69) is 4.98 Å². The van der Waals surface area contributed by atoms with Crippen LogP contribution in [0, 0.1) is 0 Å². The molecule has 2 aromatic rings. The molecule has 34 heavy (non-hydrogen) atoms. The molecule has 3 fully saturated rings. The highest BCUT2D eigenvalue weighted by molar-refractivity contribution is 7.89. The van der Waals surface area contributed by atoms with Crippen LogP contribution in [-0.4, -0.2) is 95.1 Å². The minimum atomic E-state index is -4.08. The maximum absolute atomic E-state index is 13.5. The lowest BCUT2D eigenvalue weighted by molar-refractivity contribution is -0.194. The molecule has 0 bridgehead atoms. The predicted octanol–water partition coefficient (Wildman–Crippen LogP) is 1.14. The Kier molecular flexibility index (Phi) is 5.68. The number of nitrogens with one attached hydrogen (secondary N) is 1. The van der Waals surface area contributed by atoms with Gasteiger partial charge in [0.1, 0.15) is 5.03 Å². The van der Waals surface area contributed by atoms with Crippen molar-refractivity contribution in [2.45, 2.75) is 42.5 Å². The van der Waals surface area contributed by atoms with E-state index in [1.807, 2.05) is 6.92 Å². The van der Waals surface area contributed by atoms with E-state index in [-0.39, 0.29) is 30.6 Å². The molecular formula is C22H27ClN4O6S.